The molecule has 0 bridgehead atoms. The van der Waals surface area contributed by atoms with Gasteiger partial charge in [-0.2, -0.15) is 4.98 Å². The number of aliphatic hydroxyl groups is 1. The van der Waals surface area contributed by atoms with Crippen LogP contribution in [0.15, 0.2) is 4.42 Å². The second-order valence-electron chi connectivity index (χ2n) is 6.76. The number of aryl methyl sites for hydroxylation is 2. The maximum atomic E-state index is 9.25. The number of rotatable bonds is 4. The van der Waals surface area contributed by atoms with Crippen molar-refractivity contribution < 1.29 is 9.52 Å². The van der Waals surface area contributed by atoms with Gasteiger partial charge in [-0.25, -0.2) is 4.98 Å². The molecule has 2 aromatic rings. The Labute approximate surface area is 136 Å². The van der Waals surface area contributed by atoms with Crippen LogP contribution in [0.2, 0.25) is 0 Å². The minimum atomic E-state index is 0.309. The molecule has 1 fully saturated rings. The number of nitrogen functional groups attached to an aromatic ring is 1. The number of aliphatic hydroxyl groups excluding tert-OH is 1. The van der Waals surface area contributed by atoms with E-state index in [2.05, 4.69) is 21.9 Å². The Kier molecular flexibility index (Phi) is 4.55. The summed E-state index contributed by atoms with van der Waals surface area (Å²) in [6.07, 6.45) is 4.39. The molecule has 1 aliphatic carbocycles. The lowest BCUT2D eigenvalue weighted by atomic mass is 9.86. The van der Waals surface area contributed by atoms with E-state index in [1.807, 2.05) is 13.8 Å². The van der Waals surface area contributed by atoms with E-state index < -0.39 is 0 Å². The third kappa shape index (κ3) is 3.19. The van der Waals surface area contributed by atoms with Crippen molar-refractivity contribution in [3.63, 3.8) is 0 Å². The lowest BCUT2D eigenvalue weighted by Crippen LogP contribution is -2.35. The average molecular weight is 318 g/mol. The zero-order valence-corrected chi connectivity index (χ0v) is 14.2. The van der Waals surface area contributed by atoms with Crippen LogP contribution in [-0.2, 0) is 6.54 Å². The lowest BCUT2D eigenvalue weighted by molar-refractivity contribution is 0.122. The van der Waals surface area contributed by atoms with Crippen LogP contribution in [0.4, 0.5) is 5.82 Å². The van der Waals surface area contributed by atoms with Crippen molar-refractivity contribution in [3.8, 4) is 0 Å². The van der Waals surface area contributed by atoms with Crippen LogP contribution in [-0.4, -0.2) is 39.7 Å². The van der Waals surface area contributed by atoms with Crippen LogP contribution in [0.25, 0.3) is 11.1 Å². The van der Waals surface area contributed by atoms with Crippen LogP contribution < -0.4 is 5.73 Å². The molecule has 6 nitrogen and oxygen atoms in total. The fourth-order valence-corrected chi connectivity index (χ4v) is 3.52. The van der Waals surface area contributed by atoms with Crippen molar-refractivity contribution in [2.24, 2.45) is 5.92 Å². The monoisotopic (exact) mass is 318 g/mol. The molecule has 126 valence electrons. The minimum absolute atomic E-state index is 0.309. The van der Waals surface area contributed by atoms with E-state index in [4.69, 9.17) is 10.2 Å². The number of anilines is 1. The van der Waals surface area contributed by atoms with Gasteiger partial charge in [0.05, 0.1) is 11.9 Å². The summed E-state index contributed by atoms with van der Waals surface area (Å²) in [5.74, 6) is 2.51. The predicted octanol–water partition coefficient (Wildman–Crippen LogP) is 2.40. The van der Waals surface area contributed by atoms with E-state index in [1.165, 1.54) is 0 Å². The van der Waals surface area contributed by atoms with Crippen LogP contribution in [0, 0.1) is 19.8 Å². The summed E-state index contributed by atoms with van der Waals surface area (Å²) in [5.41, 5.74) is 7.70. The van der Waals surface area contributed by atoms with Gasteiger partial charge in [0, 0.05) is 18.2 Å². The first-order valence-electron chi connectivity index (χ1n) is 8.32. The molecule has 0 unspecified atom stereocenters. The van der Waals surface area contributed by atoms with E-state index in [0.717, 1.165) is 42.4 Å². The third-order valence-corrected chi connectivity index (χ3v) is 5.19. The molecule has 0 aliphatic heterocycles. The van der Waals surface area contributed by atoms with E-state index in [0.29, 0.717) is 42.5 Å². The standard InChI is InChI=1S/C17H26N4O2/c1-10-11(2)23-17-15(10)16(18)19-14(20-17)8-21(3)13-6-4-12(9-22)5-7-13/h12-13,22H,4-9H2,1-3H3,(H2,18,19,20). The second-order valence-corrected chi connectivity index (χ2v) is 6.76. The minimum Gasteiger partial charge on any atom is -0.443 e. The van der Waals surface area contributed by atoms with E-state index in [9.17, 15) is 5.11 Å². The average Bonchev–Trinajstić information content (AvgIpc) is 2.82. The molecule has 23 heavy (non-hydrogen) atoms. The smallest absolute Gasteiger partial charge is 0.231 e. The zero-order chi connectivity index (χ0) is 16.6. The highest BCUT2D eigenvalue weighted by Gasteiger charge is 2.24. The summed E-state index contributed by atoms with van der Waals surface area (Å²) in [5, 5.41) is 10.1. The molecule has 0 amide bonds. The largest absolute Gasteiger partial charge is 0.443 e. The highest BCUT2D eigenvalue weighted by molar-refractivity contribution is 5.88. The van der Waals surface area contributed by atoms with Gasteiger partial charge in [0.2, 0.25) is 5.71 Å². The highest BCUT2D eigenvalue weighted by Crippen LogP contribution is 2.29. The van der Waals surface area contributed by atoms with Gasteiger partial charge in [-0.3, -0.25) is 4.90 Å². The predicted molar refractivity (Wildman–Crippen MR) is 90.0 cm³/mol. The summed E-state index contributed by atoms with van der Waals surface area (Å²) in [6, 6.07) is 0.512. The summed E-state index contributed by atoms with van der Waals surface area (Å²) in [6.45, 7) is 4.87. The van der Waals surface area contributed by atoms with Crippen molar-refractivity contribution in [2.75, 3.05) is 19.4 Å². The fourth-order valence-electron chi connectivity index (χ4n) is 3.52. The van der Waals surface area contributed by atoms with Gasteiger partial charge in [-0.1, -0.05) is 0 Å². The Morgan fingerprint density at radius 1 is 1.22 bits per heavy atom. The topological polar surface area (TPSA) is 88.4 Å². The maximum absolute atomic E-state index is 9.25. The molecule has 0 spiro atoms. The van der Waals surface area contributed by atoms with E-state index >= 15 is 0 Å². The molecular weight excluding hydrogens is 292 g/mol. The molecule has 6 heteroatoms. The van der Waals surface area contributed by atoms with Crippen LogP contribution in [0.1, 0.15) is 42.8 Å². The molecule has 2 aromatic heterocycles. The van der Waals surface area contributed by atoms with Gasteiger partial charge < -0.3 is 15.3 Å². The van der Waals surface area contributed by atoms with Crippen molar-refractivity contribution >= 4 is 16.9 Å². The molecule has 3 rings (SSSR count). The summed E-state index contributed by atoms with van der Waals surface area (Å²) in [4.78, 5) is 11.3. The molecule has 2 heterocycles. The van der Waals surface area contributed by atoms with Crippen LogP contribution >= 0.6 is 0 Å². The van der Waals surface area contributed by atoms with Gasteiger partial charge in [0.15, 0.2) is 0 Å². The summed E-state index contributed by atoms with van der Waals surface area (Å²) in [7, 11) is 2.10. The Balaban J connectivity index is 1.74. The molecule has 0 atom stereocenters. The first kappa shape index (κ1) is 16.2. The summed E-state index contributed by atoms with van der Waals surface area (Å²) < 4.78 is 5.70. The van der Waals surface area contributed by atoms with Crippen molar-refractivity contribution in [1.82, 2.24) is 14.9 Å². The first-order valence-corrected chi connectivity index (χ1v) is 8.32. The number of nitrogens with two attached hydrogens (primary N) is 1. The first-order chi connectivity index (χ1) is 11.0. The normalized spacial score (nSPS) is 22.1. The molecular formula is C17H26N4O2. The zero-order valence-electron chi connectivity index (χ0n) is 14.2. The lowest BCUT2D eigenvalue weighted by Gasteiger charge is -2.33. The molecule has 1 aliphatic rings. The number of fused-ring (bicyclic) bond motifs is 1. The molecule has 0 radical (unpaired) electrons. The van der Waals surface area contributed by atoms with Crippen molar-refractivity contribution in [3.05, 3.63) is 17.1 Å². The SMILES string of the molecule is Cc1oc2nc(CN(C)C3CCC(CO)CC3)nc(N)c2c1C. The molecule has 1 saturated carbocycles. The Morgan fingerprint density at radius 3 is 2.57 bits per heavy atom. The van der Waals surface area contributed by atoms with Gasteiger partial charge in [0.1, 0.15) is 17.4 Å². The molecule has 3 N–H and O–H groups in total. The Morgan fingerprint density at radius 2 is 1.91 bits per heavy atom. The third-order valence-electron chi connectivity index (χ3n) is 5.19. The van der Waals surface area contributed by atoms with Crippen molar-refractivity contribution in [2.45, 2.75) is 52.1 Å². The van der Waals surface area contributed by atoms with Gasteiger partial charge in [-0.05, 0) is 52.5 Å². The van der Waals surface area contributed by atoms with Crippen molar-refractivity contribution in [1.29, 1.82) is 0 Å². The number of furan rings is 1. The number of aromatic nitrogens is 2. The second kappa shape index (κ2) is 6.45. The highest BCUT2D eigenvalue weighted by atomic mass is 16.3. The fraction of sp³-hybridized carbons (Fsp3) is 0.647. The number of hydrogen-bond acceptors (Lipinski definition) is 6. The van der Waals surface area contributed by atoms with Gasteiger partial charge in [0.25, 0.3) is 0 Å². The van der Waals surface area contributed by atoms with Crippen LogP contribution in [0.3, 0.4) is 0 Å². The summed E-state index contributed by atoms with van der Waals surface area (Å²) >= 11 is 0. The maximum Gasteiger partial charge on any atom is 0.231 e. The molecule has 0 aromatic carbocycles. The Bertz CT molecular complexity index is 689. The Hall–Kier alpha value is -1.66. The molecule has 0 saturated heterocycles. The van der Waals surface area contributed by atoms with Gasteiger partial charge in [-0.15, -0.1) is 0 Å². The number of hydrogen-bond donors (Lipinski definition) is 2. The van der Waals surface area contributed by atoms with E-state index in [-0.39, 0.29) is 0 Å². The van der Waals surface area contributed by atoms with Gasteiger partial charge >= 0.3 is 0 Å². The van der Waals surface area contributed by atoms with E-state index in [1.54, 1.807) is 0 Å². The number of nitrogens with zero attached hydrogens (tertiary/aromatic N) is 3. The van der Waals surface area contributed by atoms with Crippen LogP contribution in [0.5, 0.6) is 0 Å². The quantitative estimate of drug-likeness (QED) is 0.900.